The van der Waals surface area contributed by atoms with Gasteiger partial charge in [-0.1, -0.05) is 6.92 Å². The van der Waals surface area contributed by atoms with Gasteiger partial charge in [-0.25, -0.2) is 0 Å². The summed E-state index contributed by atoms with van der Waals surface area (Å²) in [6.45, 7) is 5.42. The zero-order valence-corrected chi connectivity index (χ0v) is 11.0. The topological polar surface area (TPSA) is 72.3 Å². The van der Waals surface area contributed by atoms with E-state index in [2.05, 4.69) is 18.7 Å². The molecule has 2 rings (SSSR count). The highest BCUT2D eigenvalue weighted by atomic mass is 16.1. The molecule has 1 heterocycles. The molecule has 1 amide bonds. The minimum absolute atomic E-state index is 0.408. The number of carbonyl (C=O) groups is 1. The number of anilines is 2. The van der Waals surface area contributed by atoms with E-state index in [-0.39, 0.29) is 0 Å². The fourth-order valence-corrected chi connectivity index (χ4v) is 2.57. The summed E-state index contributed by atoms with van der Waals surface area (Å²) in [6, 6.07) is 5.71. The van der Waals surface area contributed by atoms with Crippen LogP contribution < -0.4 is 16.4 Å². The van der Waals surface area contributed by atoms with Crippen LogP contribution in [0.5, 0.6) is 0 Å². The molecule has 18 heavy (non-hydrogen) atoms. The molecule has 0 bridgehead atoms. The van der Waals surface area contributed by atoms with Crippen LogP contribution in [0.15, 0.2) is 18.2 Å². The lowest BCUT2D eigenvalue weighted by Crippen LogP contribution is -2.41. The molecule has 1 aromatic carbocycles. The standard InChI is InChI=1S/C14H21N3O/c1-9-3-4-10(2)17(8-9)13-7-11(14(16)18)5-6-12(13)15/h5-7,9-10H,3-4,8,15H2,1-2H3,(H2,16,18). The van der Waals surface area contributed by atoms with E-state index in [1.807, 2.05) is 6.07 Å². The van der Waals surface area contributed by atoms with E-state index < -0.39 is 5.91 Å². The summed E-state index contributed by atoms with van der Waals surface area (Å²) in [5.41, 5.74) is 13.5. The zero-order chi connectivity index (χ0) is 13.3. The first kappa shape index (κ1) is 12.7. The minimum Gasteiger partial charge on any atom is -0.397 e. The van der Waals surface area contributed by atoms with Crippen molar-refractivity contribution in [3.8, 4) is 0 Å². The molecule has 1 aliphatic rings. The van der Waals surface area contributed by atoms with Gasteiger partial charge in [0.15, 0.2) is 0 Å². The number of nitrogens with zero attached hydrogens (tertiary/aromatic N) is 1. The van der Waals surface area contributed by atoms with Crippen molar-refractivity contribution in [2.75, 3.05) is 17.2 Å². The first-order valence-electron chi connectivity index (χ1n) is 6.45. The second-order valence-corrected chi connectivity index (χ2v) is 5.32. The Morgan fingerprint density at radius 1 is 1.33 bits per heavy atom. The highest BCUT2D eigenvalue weighted by Crippen LogP contribution is 2.32. The monoisotopic (exact) mass is 247 g/mol. The van der Waals surface area contributed by atoms with E-state index in [1.165, 1.54) is 6.42 Å². The van der Waals surface area contributed by atoms with Gasteiger partial charge in [0.25, 0.3) is 0 Å². The summed E-state index contributed by atoms with van der Waals surface area (Å²) in [5.74, 6) is 0.242. The van der Waals surface area contributed by atoms with Crippen LogP contribution in [0.3, 0.4) is 0 Å². The average molecular weight is 247 g/mol. The van der Waals surface area contributed by atoms with E-state index in [0.717, 1.165) is 18.7 Å². The van der Waals surface area contributed by atoms with Crippen LogP contribution in [0.2, 0.25) is 0 Å². The van der Waals surface area contributed by atoms with Gasteiger partial charge in [-0.2, -0.15) is 0 Å². The number of carbonyl (C=O) groups excluding carboxylic acids is 1. The number of nitrogens with two attached hydrogens (primary N) is 2. The first-order chi connectivity index (χ1) is 8.49. The van der Waals surface area contributed by atoms with Gasteiger partial charge in [-0.3, -0.25) is 4.79 Å². The number of nitrogen functional groups attached to an aromatic ring is 1. The summed E-state index contributed by atoms with van der Waals surface area (Å²) in [7, 11) is 0. The molecule has 4 heteroatoms. The summed E-state index contributed by atoms with van der Waals surface area (Å²) in [5, 5.41) is 0. The van der Waals surface area contributed by atoms with E-state index in [0.29, 0.717) is 23.2 Å². The molecule has 2 atom stereocenters. The predicted octanol–water partition coefficient (Wildman–Crippen LogP) is 1.99. The van der Waals surface area contributed by atoms with Crippen LogP contribution in [0.1, 0.15) is 37.0 Å². The van der Waals surface area contributed by atoms with Crippen molar-refractivity contribution in [2.45, 2.75) is 32.7 Å². The molecular weight excluding hydrogens is 226 g/mol. The molecule has 1 saturated heterocycles. The number of amides is 1. The molecule has 4 nitrogen and oxygen atoms in total. The van der Waals surface area contributed by atoms with Crippen molar-refractivity contribution in [2.24, 2.45) is 11.7 Å². The van der Waals surface area contributed by atoms with Crippen molar-refractivity contribution in [3.63, 3.8) is 0 Å². The fraction of sp³-hybridized carbons (Fsp3) is 0.500. The molecular formula is C14H21N3O. The third-order valence-corrected chi connectivity index (χ3v) is 3.74. The third kappa shape index (κ3) is 2.42. The van der Waals surface area contributed by atoms with E-state index >= 15 is 0 Å². The van der Waals surface area contributed by atoms with Gasteiger partial charge < -0.3 is 16.4 Å². The van der Waals surface area contributed by atoms with Crippen molar-refractivity contribution in [1.29, 1.82) is 0 Å². The maximum absolute atomic E-state index is 11.3. The Morgan fingerprint density at radius 2 is 2.06 bits per heavy atom. The van der Waals surface area contributed by atoms with Crippen LogP contribution in [0, 0.1) is 5.92 Å². The zero-order valence-electron chi connectivity index (χ0n) is 11.0. The minimum atomic E-state index is -0.408. The van der Waals surface area contributed by atoms with Crippen molar-refractivity contribution < 1.29 is 4.79 Å². The number of primary amides is 1. The van der Waals surface area contributed by atoms with Gasteiger partial charge in [0.05, 0.1) is 11.4 Å². The smallest absolute Gasteiger partial charge is 0.248 e. The highest BCUT2D eigenvalue weighted by molar-refractivity contribution is 5.95. The Bertz CT molecular complexity index is 458. The largest absolute Gasteiger partial charge is 0.397 e. The Morgan fingerprint density at radius 3 is 2.72 bits per heavy atom. The van der Waals surface area contributed by atoms with Crippen LogP contribution in [-0.2, 0) is 0 Å². The number of rotatable bonds is 2. The Labute approximate surface area is 108 Å². The van der Waals surface area contributed by atoms with Crippen molar-refractivity contribution in [1.82, 2.24) is 0 Å². The second-order valence-electron chi connectivity index (χ2n) is 5.32. The van der Waals surface area contributed by atoms with Gasteiger partial charge in [0, 0.05) is 18.2 Å². The molecule has 4 N–H and O–H groups in total. The van der Waals surface area contributed by atoms with Gasteiger partial charge in [0.1, 0.15) is 0 Å². The molecule has 1 aliphatic heterocycles. The highest BCUT2D eigenvalue weighted by Gasteiger charge is 2.24. The van der Waals surface area contributed by atoms with E-state index in [1.54, 1.807) is 12.1 Å². The Kier molecular flexibility index (Phi) is 3.45. The van der Waals surface area contributed by atoms with Gasteiger partial charge >= 0.3 is 0 Å². The molecule has 0 spiro atoms. The van der Waals surface area contributed by atoms with Crippen molar-refractivity contribution in [3.05, 3.63) is 23.8 Å². The third-order valence-electron chi connectivity index (χ3n) is 3.74. The van der Waals surface area contributed by atoms with Crippen LogP contribution in [0.4, 0.5) is 11.4 Å². The second kappa shape index (κ2) is 4.88. The number of hydrogen-bond donors (Lipinski definition) is 2. The predicted molar refractivity (Wildman–Crippen MR) is 74.6 cm³/mol. The maximum atomic E-state index is 11.3. The van der Waals surface area contributed by atoms with Gasteiger partial charge in [-0.05, 0) is 43.9 Å². The fourth-order valence-electron chi connectivity index (χ4n) is 2.57. The quantitative estimate of drug-likeness (QED) is 0.785. The Balaban J connectivity index is 2.36. The lowest BCUT2D eigenvalue weighted by molar-refractivity contribution is 0.100. The summed E-state index contributed by atoms with van der Waals surface area (Å²) in [4.78, 5) is 13.5. The van der Waals surface area contributed by atoms with Crippen LogP contribution in [0.25, 0.3) is 0 Å². The summed E-state index contributed by atoms with van der Waals surface area (Å²) >= 11 is 0. The molecule has 2 unspecified atom stereocenters. The normalized spacial score (nSPS) is 24.0. The van der Waals surface area contributed by atoms with E-state index in [9.17, 15) is 4.79 Å². The van der Waals surface area contributed by atoms with Gasteiger partial charge in [-0.15, -0.1) is 0 Å². The van der Waals surface area contributed by atoms with Crippen LogP contribution in [-0.4, -0.2) is 18.5 Å². The first-order valence-corrected chi connectivity index (χ1v) is 6.45. The summed E-state index contributed by atoms with van der Waals surface area (Å²) in [6.07, 6.45) is 2.40. The van der Waals surface area contributed by atoms with Crippen LogP contribution >= 0.6 is 0 Å². The molecule has 0 aliphatic carbocycles. The molecule has 98 valence electrons. The summed E-state index contributed by atoms with van der Waals surface area (Å²) < 4.78 is 0. The number of piperidine rings is 1. The molecule has 0 aromatic heterocycles. The average Bonchev–Trinajstić information content (AvgIpc) is 2.33. The maximum Gasteiger partial charge on any atom is 0.248 e. The molecule has 1 aromatic rings. The molecule has 1 fully saturated rings. The Hall–Kier alpha value is -1.71. The lowest BCUT2D eigenvalue weighted by atomic mass is 9.94. The SMILES string of the molecule is CC1CCC(C)N(c2cc(C(N)=O)ccc2N)C1. The molecule has 0 radical (unpaired) electrons. The van der Waals surface area contributed by atoms with Crippen molar-refractivity contribution >= 4 is 17.3 Å². The van der Waals surface area contributed by atoms with E-state index in [4.69, 9.17) is 11.5 Å². The van der Waals surface area contributed by atoms with Gasteiger partial charge in [0.2, 0.25) is 5.91 Å². The lowest BCUT2D eigenvalue weighted by Gasteiger charge is -2.39. The number of benzene rings is 1. The number of hydrogen-bond acceptors (Lipinski definition) is 3. The molecule has 0 saturated carbocycles.